The fraction of sp³-hybridized carbons (Fsp3) is 0.292. The maximum absolute atomic E-state index is 13.5. The van der Waals surface area contributed by atoms with Crippen LogP contribution in [0.3, 0.4) is 0 Å². The fourth-order valence-electron chi connectivity index (χ4n) is 13.5. The number of H-pyrrole nitrogens is 2. The molecule has 0 saturated carbocycles. The van der Waals surface area contributed by atoms with Gasteiger partial charge in [0.15, 0.2) is 0 Å². The summed E-state index contributed by atoms with van der Waals surface area (Å²) < 4.78 is 5.76. The molecule has 0 spiro atoms. The largest absolute Gasteiger partial charge is 0.460 e. The Balaban J connectivity index is 1.02. The first-order chi connectivity index (χ1) is 50.9. The molecule has 5 heterocycles. The van der Waals surface area contributed by atoms with Crippen molar-refractivity contribution in [3.8, 4) is 86.7 Å². The number of nitriles is 5. The molecule has 108 heavy (non-hydrogen) atoms. The average Bonchev–Trinajstić information content (AvgIpc) is 1.62. The second kappa shape index (κ2) is 29.9. The number of anilines is 1. The van der Waals surface area contributed by atoms with Crippen LogP contribution >= 0.6 is 0 Å². The summed E-state index contributed by atoms with van der Waals surface area (Å²) in [5.74, 6) is 6.19. The van der Waals surface area contributed by atoms with Crippen LogP contribution in [0.1, 0.15) is 215 Å². The van der Waals surface area contributed by atoms with Crippen molar-refractivity contribution in [1.29, 1.82) is 26.3 Å². The van der Waals surface area contributed by atoms with Crippen molar-refractivity contribution in [3.63, 3.8) is 0 Å². The monoisotopic (exact) mass is 1420 g/mol. The van der Waals surface area contributed by atoms with Crippen molar-refractivity contribution in [2.75, 3.05) is 24.6 Å². The highest BCUT2D eigenvalue weighted by Crippen LogP contribution is 2.45. The molecule has 2 N–H and O–H groups in total. The van der Waals surface area contributed by atoms with Crippen LogP contribution in [0.15, 0.2) is 168 Å². The van der Waals surface area contributed by atoms with Gasteiger partial charge in [0.25, 0.3) is 0 Å². The summed E-state index contributed by atoms with van der Waals surface area (Å²) in [6, 6.07) is 60.9. The fourth-order valence-corrected chi connectivity index (χ4v) is 13.5. The van der Waals surface area contributed by atoms with Gasteiger partial charge in [-0.1, -0.05) is 215 Å². The Labute approximate surface area is 637 Å². The van der Waals surface area contributed by atoms with Crippen molar-refractivity contribution in [3.05, 3.63) is 247 Å². The minimum absolute atomic E-state index is 0.0640. The van der Waals surface area contributed by atoms with E-state index < -0.39 is 17.1 Å². The first-order valence-electron chi connectivity index (χ1n) is 36.8. The summed E-state index contributed by atoms with van der Waals surface area (Å²) in [5, 5.41) is 48.4. The van der Waals surface area contributed by atoms with E-state index in [0.717, 1.165) is 101 Å². The molecular formula is C96H94N10O2. The summed E-state index contributed by atoms with van der Waals surface area (Å²) in [4.78, 5) is 35.2. The smallest absolute Gasteiger partial charge is 0.338 e. The molecule has 11 rings (SSSR count). The molecule has 0 amide bonds. The zero-order chi connectivity index (χ0) is 78.2. The van der Waals surface area contributed by atoms with Crippen LogP contribution in [-0.2, 0) is 37.2 Å². The number of likely N-dealkylation sites (N-methyl/N-ethyl adjacent to an activating group) is 1. The van der Waals surface area contributed by atoms with Crippen LogP contribution in [-0.4, -0.2) is 45.6 Å². The molecule has 0 radical (unpaired) electrons. The third kappa shape index (κ3) is 16.5. The van der Waals surface area contributed by atoms with E-state index in [2.05, 4.69) is 262 Å². The van der Waals surface area contributed by atoms with E-state index >= 15 is 0 Å². The number of aromatic amines is 2. The number of nitrogens with one attached hydrogen (secondary N) is 2. The van der Waals surface area contributed by atoms with Gasteiger partial charge in [-0.25, -0.2) is 14.8 Å². The van der Waals surface area contributed by atoms with Crippen molar-refractivity contribution in [1.82, 2.24) is 19.9 Å². The number of rotatable bonds is 12. The second-order valence-electron chi connectivity index (χ2n) is 34.1. The first kappa shape index (κ1) is 76.8. The molecule has 0 fully saturated rings. The molecule has 0 atom stereocenters. The van der Waals surface area contributed by atoms with Gasteiger partial charge in [-0.05, 0) is 198 Å². The van der Waals surface area contributed by atoms with Crippen LogP contribution in [0.25, 0.3) is 96.5 Å². The zero-order valence-corrected chi connectivity index (χ0v) is 65.8. The number of fused-ring (bicyclic) bond motifs is 8. The lowest BCUT2D eigenvalue weighted by atomic mass is 9.78. The standard InChI is InChI=1S/C96H94N10O2/c1-20-106(75-33-31-61(32-34-75)85(68(56-99)57-100)76(58-101)67(54-97)55-98)43-44-108-90(107)63-29-25-60(26-30-63)22-21-59-23-27-62(28-24-59)86-77-35-37-79(102-77)87(64-45-69(91(2,3)4)51-70(46-64)92(5,6)7)81-39-41-83(104-81)89(66-49-73(95(14,15)16)53-74(50-66)96(17,18)19)84-42-40-82(105-84)88(80-38-36-78(86)103-80)65-47-71(93(8,9)10)52-72(48-65)94(11,12)13/h23-42,45-53,102,105H,20,43-44H2,1-19H3. The van der Waals surface area contributed by atoms with Gasteiger partial charge in [0.1, 0.15) is 48.1 Å². The van der Waals surface area contributed by atoms with Crippen molar-refractivity contribution < 1.29 is 9.53 Å². The third-order valence-electron chi connectivity index (χ3n) is 20.1. The number of ether oxygens (including phenoxy) is 1. The van der Waals surface area contributed by atoms with Gasteiger partial charge >= 0.3 is 5.97 Å². The molecule has 0 unspecified atom stereocenters. The number of hydrogen-bond acceptors (Lipinski definition) is 10. The van der Waals surface area contributed by atoms with Crippen LogP contribution in [0.4, 0.5) is 5.69 Å². The Morgan fingerprint density at radius 3 is 1.01 bits per heavy atom. The Morgan fingerprint density at radius 2 is 0.704 bits per heavy atom. The lowest BCUT2D eigenvalue weighted by Crippen LogP contribution is -2.28. The van der Waals surface area contributed by atoms with Crippen LogP contribution < -0.4 is 4.90 Å². The number of benzene rings is 6. The molecule has 9 aromatic rings. The highest BCUT2D eigenvalue weighted by molar-refractivity contribution is 6.01. The minimum Gasteiger partial charge on any atom is -0.460 e. The van der Waals surface area contributed by atoms with Crippen LogP contribution in [0, 0.1) is 68.5 Å². The molecule has 12 nitrogen and oxygen atoms in total. The van der Waals surface area contributed by atoms with Crippen LogP contribution in [0.2, 0.25) is 0 Å². The SMILES string of the molecule is CCN(CCOC(=O)c1ccc(C#Cc2ccc(-c3c4nc(c(-c5cc(C(C)(C)C)cc(C(C)(C)C)c5)c5ccc([nH]5)c(-c5cc(C(C)(C)C)cc(C(C)(C)C)c5)c5nc(c(-c6cc(C(C)(C)C)cc(C(C)(C)C)c6)c6ccc3[nH]6)C=C5)C=C4)cc2)cc1)c1ccc(C(=C(C#N)C#N)C(C#N)=C(C#N)C#N)cc1. The van der Waals surface area contributed by atoms with Gasteiger partial charge in [0, 0.05) is 73.3 Å². The highest BCUT2D eigenvalue weighted by atomic mass is 16.5. The maximum Gasteiger partial charge on any atom is 0.338 e. The second-order valence-corrected chi connectivity index (χ2v) is 34.1. The molecule has 0 aliphatic carbocycles. The van der Waals surface area contributed by atoms with Crippen LogP contribution in [0.5, 0.6) is 0 Å². The van der Waals surface area contributed by atoms with Gasteiger partial charge < -0.3 is 19.6 Å². The van der Waals surface area contributed by atoms with Gasteiger partial charge in [0.05, 0.1) is 40.5 Å². The number of allylic oxidation sites excluding steroid dienone is 4. The zero-order valence-electron chi connectivity index (χ0n) is 65.8. The number of esters is 1. The molecule has 12 heteroatoms. The van der Waals surface area contributed by atoms with Gasteiger partial charge in [0.2, 0.25) is 0 Å². The molecular weight excluding hydrogens is 1330 g/mol. The Kier molecular flexibility index (Phi) is 21.3. The van der Waals surface area contributed by atoms with Gasteiger partial charge in [-0.2, -0.15) is 26.3 Å². The normalized spacial score (nSPS) is 12.2. The summed E-state index contributed by atoms with van der Waals surface area (Å²) in [6.45, 7) is 44.1. The third-order valence-corrected chi connectivity index (χ3v) is 20.1. The summed E-state index contributed by atoms with van der Waals surface area (Å²) >= 11 is 0. The number of nitrogens with zero attached hydrogens (tertiary/aromatic N) is 8. The molecule has 2 aliphatic heterocycles. The van der Waals surface area contributed by atoms with E-state index in [1.54, 1.807) is 72.8 Å². The lowest BCUT2D eigenvalue weighted by Gasteiger charge is -2.26. The minimum atomic E-state index is -0.509. The highest BCUT2D eigenvalue weighted by Gasteiger charge is 2.29. The topological polar surface area (TPSA) is 206 Å². The summed E-state index contributed by atoms with van der Waals surface area (Å²) in [6.07, 6.45) is 8.74. The predicted molar refractivity (Wildman–Crippen MR) is 442 cm³/mol. The Hall–Kier alpha value is -12.3. The van der Waals surface area contributed by atoms with Crippen molar-refractivity contribution >= 4 is 63.6 Å². The lowest BCUT2D eigenvalue weighted by molar-refractivity contribution is 0.0515. The number of aromatic nitrogens is 4. The average molecular weight is 1420 g/mol. The molecule has 3 aromatic heterocycles. The summed E-state index contributed by atoms with van der Waals surface area (Å²) in [7, 11) is 0. The van der Waals surface area contributed by atoms with E-state index in [4.69, 9.17) is 14.7 Å². The van der Waals surface area contributed by atoms with Gasteiger partial charge in [-0.15, -0.1) is 0 Å². The number of carbonyl (C=O) groups excluding carboxylic acids is 1. The molecule has 6 aromatic carbocycles. The predicted octanol–water partition coefficient (Wildman–Crippen LogP) is 22.9. The van der Waals surface area contributed by atoms with Crippen molar-refractivity contribution in [2.24, 2.45) is 0 Å². The number of carbonyl (C=O) groups is 1. The number of hydrogen-bond donors (Lipinski definition) is 2. The Morgan fingerprint density at radius 1 is 0.389 bits per heavy atom. The molecule has 0 saturated heterocycles. The quantitative estimate of drug-likeness (QED) is 0.0512. The Bertz CT molecular complexity index is 5490. The van der Waals surface area contributed by atoms with E-state index in [9.17, 15) is 31.1 Å². The van der Waals surface area contributed by atoms with Gasteiger partial charge in [-0.3, -0.25) is 0 Å². The summed E-state index contributed by atoms with van der Waals surface area (Å²) in [5.41, 5.74) is 23.1. The van der Waals surface area contributed by atoms with E-state index in [0.29, 0.717) is 29.8 Å². The van der Waals surface area contributed by atoms with E-state index in [-0.39, 0.29) is 50.2 Å². The molecule has 2 aliphatic rings. The van der Waals surface area contributed by atoms with E-state index in [1.165, 1.54) is 33.4 Å². The molecule has 8 bridgehead atoms. The van der Waals surface area contributed by atoms with E-state index in [1.807, 2.05) is 30.0 Å². The molecule has 540 valence electrons. The van der Waals surface area contributed by atoms with Crippen molar-refractivity contribution in [2.45, 2.75) is 164 Å². The first-order valence-corrected chi connectivity index (χ1v) is 36.8. The maximum atomic E-state index is 13.5.